The lowest BCUT2D eigenvalue weighted by atomic mass is 10.0. The second-order valence-corrected chi connectivity index (χ2v) is 5.07. The number of halogens is 2. The molecule has 0 amide bonds. The van der Waals surface area contributed by atoms with E-state index >= 15 is 0 Å². The van der Waals surface area contributed by atoms with Crippen LogP contribution in [0.25, 0.3) is 16.8 Å². The Morgan fingerprint density at radius 3 is 2.38 bits per heavy atom. The van der Waals surface area contributed by atoms with E-state index in [1.54, 1.807) is 18.2 Å². The minimum atomic E-state index is 0.112. The quantitative estimate of drug-likeness (QED) is 0.460. The van der Waals surface area contributed by atoms with E-state index in [1.807, 2.05) is 30.3 Å². The molecule has 0 unspecified atom stereocenters. The predicted molar refractivity (Wildman–Crippen MR) is 85.9 cm³/mol. The molecule has 0 atom stereocenters. The molecule has 0 bridgehead atoms. The summed E-state index contributed by atoms with van der Waals surface area (Å²) in [7, 11) is 0. The van der Waals surface area contributed by atoms with Gasteiger partial charge in [0, 0.05) is 5.56 Å². The number of nitriles is 1. The highest BCUT2D eigenvalue weighted by Crippen LogP contribution is 2.29. The number of nitrogens with zero attached hydrogens (tertiary/aromatic N) is 1. The van der Waals surface area contributed by atoms with Crippen molar-refractivity contribution in [1.82, 2.24) is 5.43 Å². The van der Waals surface area contributed by atoms with Crippen molar-refractivity contribution in [3.05, 3.63) is 63.8 Å². The van der Waals surface area contributed by atoms with Crippen molar-refractivity contribution in [2.24, 2.45) is 11.6 Å². The van der Waals surface area contributed by atoms with E-state index in [-0.39, 0.29) is 11.4 Å². The van der Waals surface area contributed by atoms with Crippen LogP contribution in [0.2, 0.25) is 10.0 Å². The van der Waals surface area contributed by atoms with Gasteiger partial charge in [0.1, 0.15) is 6.07 Å². The van der Waals surface area contributed by atoms with E-state index in [0.717, 1.165) is 11.1 Å². The minimum absolute atomic E-state index is 0.112. The van der Waals surface area contributed by atoms with E-state index in [2.05, 4.69) is 5.43 Å². The normalized spacial score (nSPS) is 11.5. The lowest BCUT2D eigenvalue weighted by Gasteiger charge is -2.08. The summed E-state index contributed by atoms with van der Waals surface area (Å²) in [6.45, 7) is 0. The smallest absolute Gasteiger partial charge is 0.151 e. The average molecular weight is 319 g/mol. The van der Waals surface area contributed by atoms with Gasteiger partial charge in [-0.2, -0.15) is 5.26 Å². The number of rotatable bonds is 3. The monoisotopic (exact) mass is 318 g/mol. The third-order valence-electron chi connectivity index (χ3n) is 2.95. The van der Waals surface area contributed by atoms with Crippen molar-refractivity contribution in [3.8, 4) is 17.2 Å². The molecule has 4 nitrogen and oxygen atoms in total. The SMILES string of the molecule is N#C/C(NN)=C(/N)c1cccc(-c2ccc(Cl)c(Cl)c2)c1. The third-order valence-corrected chi connectivity index (χ3v) is 3.69. The number of nitrogens with two attached hydrogens (primary N) is 2. The molecule has 0 aliphatic carbocycles. The second kappa shape index (κ2) is 6.51. The van der Waals surface area contributed by atoms with Crippen LogP contribution in [0, 0.1) is 11.3 Å². The van der Waals surface area contributed by atoms with Gasteiger partial charge >= 0.3 is 0 Å². The summed E-state index contributed by atoms with van der Waals surface area (Å²) >= 11 is 11.9. The first-order chi connectivity index (χ1) is 10.1. The van der Waals surface area contributed by atoms with Gasteiger partial charge in [-0.1, -0.05) is 47.5 Å². The Kier molecular flexibility index (Phi) is 4.71. The lowest BCUT2D eigenvalue weighted by Crippen LogP contribution is -2.23. The molecule has 2 aromatic carbocycles. The number of allylic oxidation sites excluding steroid dienone is 1. The van der Waals surface area contributed by atoms with Crippen LogP contribution in [0.1, 0.15) is 5.56 Å². The summed E-state index contributed by atoms with van der Waals surface area (Å²) in [6.07, 6.45) is 0. The van der Waals surface area contributed by atoms with E-state index in [0.29, 0.717) is 15.6 Å². The molecular formula is C15H12Cl2N4. The molecular weight excluding hydrogens is 307 g/mol. The van der Waals surface area contributed by atoms with Gasteiger partial charge in [-0.3, -0.25) is 0 Å². The van der Waals surface area contributed by atoms with Crippen LogP contribution >= 0.6 is 23.2 Å². The summed E-state index contributed by atoms with van der Waals surface area (Å²) in [5.41, 5.74) is 11.1. The second-order valence-electron chi connectivity index (χ2n) is 4.25. The van der Waals surface area contributed by atoms with Crippen molar-refractivity contribution < 1.29 is 0 Å². The Bertz CT molecular complexity index is 748. The summed E-state index contributed by atoms with van der Waals surface area (Å²) in [6, 6.07) is 14.7. The fraction of sp³-hybridized carbons (Fsp3) is 0. The van der Waals surface area contributed by atoms with Gasteiger partial charge in [0.15, 0.2) is 5.70 Å². The van der Waals surface area contributed by atoms with Crippen LogP contribution < -0.4 is 17.0 Å². The fourth-order valence-corrected chi connectivity index (χ4v) is 2.15. The Morgan fingerprint density at radius 2 is 1.76 bits per heavy atom. The van der Waals surface area contributed by atoms with Gasteiger partial charge in [0.05, 0.1) is 15.7 Å². The standard InChI is InChI=1S/C15H12Cl2N4/c16-12-5-4-10(7-13(12)17)9-2-1-3-11(6-9)15(19)14(8-18)21-20/h1-7,21H,19-20H2/b15-14-. The van der Waals surface area contributed by atoms with E-state index in [4.69, 9.17) is 40.0 Å². The molecule has 0 spiro atoms. The number of benzene rings is 2. The Morgan fingerprint density at radius 1 is 1.05 bits per heavy atom. The van der Waals surface area contributed by atoms with Crippen molar-refractivity contribution in [1.29, 1.82) is 5.26 Å². The highest BCUT2D eigenvalue weighted by Gasteiger charge is 2.07. The zero-order valence-corrected chi connectivity index (χ0v) is 12.4. The maximum atomic E-state index is 8.95. The molecule has 0 saturated heterocycles. The molecule has 2 rings (SSSR count). The molecule has 0 aliphatic rings. The van der Waals surface area contributed by atoms with Crippen molar-refractivity contribution in [2.75, 3.05) is 0 Å². The zero-order valence-electron chi connectivity index (χ0n) is 10.9. The Hall–Kier alpha value is -2.19. The van der Waals surface area contributed by atoms with Crippen molar-refractivity contribution >= 4 is 28.9 Å². The topological polar surface area (TPSA) is 87.9 Å². The molecule has 106 valence electrons. The molecule has 0 heterocycles. The van der Waals surface area contributed by atoms with Gasteiger partial charge < -0.3 is 11.2 Å². The fourth-order valence-electron chi connectivity index (χ4n) is 1.86. The van der Waals surface area contributed by atoms with Crippen LogP contribution in [-0.4, -0.2) is 0 Å². The van der Waals surface area contributed by atoms with Crippen molar-refractivity contribution in [3.63, 3.8) is 0 Å². The summed E-state index contributed by atoms with van der Waals surface area (Å²) in [4.78, 5) is 0. The largest absolute Gasteiger partial charge is 0.396 e. The first-order valence-electron chi connectivity index (χ1n) is 5.99. The minimum Gasteiger partial charge on any atom is -0.396 e. The number of nitrogens with one attached hydrogen (secondary N) is 1. The van der Waals surface area contributed by atoms with Gasteiger partial charge in [0.2, 0.25) is 0 Å². The Labute approximate surface area is 132 Å². The van der Waals surface area contributed by atoms with Gasteiger partial charge in [0.25, 0.3) is 0 Å². The van der Waals surface area contributed by atoms with Crippen LogP contribution in [0.5, 0.6) is 0 Å². The lowest BCUT2D eigenvalue weighted by molar-refractivity contribution is 0.920. The van der Waals surface area contributed by atoms with Crippen LogP contribution in [-0.2, 0) is 0 Å². The van der Waals surface area contributed by atoms with Crippen molar-refractivity contribution in [2.45, 2.75) is 0 Å². The van der Waals surface area contributed by atoms with Gasteiger partial charge in [-0.15, -0.1) is 0 Å². The van der Waals surface area contributed by atoms with Crippen LogP contribution in [0.3, 0.4) is 0 Å². The first kappa shape index (κ1) is 15.2. The summed E-state index contributed by atoms with van der Waals surface area (Å²) in [5.74, 6) is 5.26. The van der Waals surface area contributed by atoms with Gasteiger partial charge in [-0.25, -0.2) is 5.84 Å². The van der Waals surface area contributed by atoms with E-state index < -0.39 is 0 Å². The maximum Gasteiger partial charge on any atom is 0.151 e. The zero-order chi connectivity index (χ0) is 15.4. The number of hydrogen-bond donors (Lipinski definition) is 3. The molecule has 0 saturated carbocycles. The first-order valence-corrected chi connectivity index (χ1v) is 6.74. The highest BCUT2D eigenvalue weighted by molar-refractivity contribution is 6.42. The molecule has 0 fully saturated rings. The number of hydrogen-bond acceptors (Lipinski definition) is 4. The van der Waals surface area contributed by atoms with Crippen LogP contribution in [0.4, 0.5) is 0 Å². The molecule has 2 aromatic rings. The van der Waals surface area contributed by atoms with Crippen LogP contribution in [0.15, 0.2) is 48.2 Å². The summed E-state index contributed by atoms with van der Waals surface area (Å²) in [5, 5.41) is 9.92. The molecule has 6 heteroatoms. The third kappa shape index (κ3) is 3.29. The van der Waals surface area contributed by atoms with E-state index in [9.17, 15) is 0 Å². The molecule has 0 radical (unpaired) electrons. The average Bonchev–Trinajstić information content (AvgIpc) is 2.51. The van der Waals surface area contributed by atoms with E-state index in [1.165, 1.54) is 0 Å². The highest BCUT2D eigenvalue weighted by atomic mass is 35.5. The predicted octanol–water partition coefficient (Wildman–Crippen LogP) is 3.27. The molecule has 5 N–H and O–H groups in total. The molecule has 0 aliphatic heterocycles. The maximum absolute atomic E-state index is 8.95. The molecule has 0 aromatic heterocycles. The molecule has 21 heavy (non-hydrogen) atoms. The Balaban J connectivity index is 2.50. The summed E-state index contributed by atoms with van der Waals surface area (Å²) < 4.78 is 0. The number of hydrazine groups is 1. The van der Waals surface area contributed by atoms with Gasteiger partial charge in [-0.05, 0) is 29.3 Å².